The Labute approximate surface area is 109 Å². The number of nitrogens with zero attached hydrogens (tertiary/aromatic N) is 2. The molecule has 1 N–H and O–H groups in total. The van der Waals surface area contributed by atoms with E-state index in [0.29, 0.717) is 23.7 Å². The Hall–Kier alpha value is -1.62. The van der Waals surface area contributed by atoms with Gasteiger partial charge in [0.25, 0.3) is 5.91 Å². The maximum absolute atomic E-state index is 12.2. The van der Waals surface area contributed by atoms with Crippen molar-refractivity contribution in [2.45, 2.75) is 19.4 Å². The molecule has 5 nitrogen and oxygen atoms in total. The van der Waals surface area contributed by atoms with E-state index >= 15 is 0 Å². The summed E-state index contributed by atoms with van der Waals surface area (Å²) in [6, 6.07) is 2.84. The van der Waals surface area contributed by atoms with Gasteiger partial charge in [0, 0.05) is 18.8 Å². The molecule has 1 amide bonds. The normalized spacial score (nSPS) is 23.1. The second kappa shape index (κ2) is 4.94. The molecule has 1 saturated heterocycles. The number of carboxylic acids is 1. The van der Waals surface area contributed by atoms with E-state index in [-0.39, 0.29) is 11.9 Å². The SMILES string of the molecule is CC1C(C(=O)O)CCN1C(=O)c1ccc(Cl)nc1. The van der Waals surface area contributed by atoms with E-state index in [1.54, 1.807) is 24.0 Å². The zero-order valence-electron chi connectivity index (χ0n) is 9.84. The van der Waals surface area contributed by atoms with Crippen LogP contribution in [-0.2, 0) is 4.79 Å². The number of carboxylic acid groups (broad SMARTS) is 1. The van der Waals surface area contributed by atoms with Crippen molar-refractivity contribution in [1.29, 1.82) is 0 Å². The number of aliphatic carboxylic acids is 1. The fourth-order valence-electron chi connectivity index (χ4n) is 2.22. The fraction of sp³-hybridized carbons (Fsp3) is 0.417. The summed E-state index contributed by atoms with van der Waals surface area (Å²) in [6.07, 6.45) is 1.90. The molecule has 1 fully saturated rings. The summed E-state index contributed by atoms with van der Waals surface area (Å²) < 4.78 is 0. The molecule has 1 aliphatic rings. The van der Waals surface area contributed by atoms with Gasteiger partial charge in [0.1, 0.15) is 5.15 Å². The average Bonchev–Trinajstić information content (AvgIpc) is 2.71. The molecule has 2 rings (SSSR count). The number of pyridine rings is 1. The zero-order chi connectivity index (χ0) is 13.3. The van der Waals surface area contributed by atoms with E-state index < -0.39 is 11.9 Å². The highest BCUT2D eigenvalue weighted by Gasteiger charge is 2.38. The molecule has 96 valence electrons. The van der Waals surface area contributed by atoms with Gasteiger partial charge in [0.05, 0.1) is 11.5 Å². The van der Waals surface area contributed by atoms with E-state index in [0.717, 1.165) is 0 Å². The lowest BCUT2D eigenvalue weighted by molar-refractivity contribution is -0.142. The third kappa shape index (κ3) is 2.31. The lowest BCUT2D eigenvalue weighted by Gasteiger charge is -2.23. The number of amides is 1. The number of hydrogen-bond acceptors (Lipinski definition) is 3. The second-order valence-electron chi connectivity index (χ2n) is 4.34. The first-order valence-corrected chi connectivity index (χ1v) is 6.04. The van der Waals surface area contributed by atoms with Crippen LogP contribution in [0.5, 0.6) is 0 Å². The Morgan fingerprint density at radius 2 is 2.22 bits per heavy atom. The van der Waals surface area contributed by atoms with Gasteiger partial charge in [0.15, 0.2) is 0 Å². The fourth-order valence-corrected chi connectivity index (χ4v) is 2.34. The predicted octanol–water partition coefficient (Wildman–Crippen LogP) is 1.67. The van der Waals surface area contributed by atoms with Gasteiger partial charge in [-0.3, -0.25) is 9.59 Å². The molecule has 0 aromatic carbocycles. The van der Waals surface area contributed by atoms with Crippen molar-refractivity contribution in [3.63, 3.8) is 0 Å². The molecule has 18 heavy (non-hydrogen) atoms. The number of rotatable bonds is 2. The van der Waals surface area contributed by atoms with Gasteiger partial charge >= 0.3 is 5.97 Å². The Bertz CT molecular complexity index is 475. The van der Waals surface area contributed by atoms with Crippen LogP contribution in [0, 0.1) is 5.92 Å². The first kappa shape index (κ1) is 12.8. The standard InChI is InChI=1S/C12H13ClN2O3/c1-7-9(12(17)18)4-5-15(7)11(16)8-2-3-10(13)14-6-8/h2-3,6-7,9H,4-5H2,1H3,(H,17,18). The summed E-state index contributed by atoms with van der Waals surface area (Å²) in [5, 5.41) is 9.35. The number of carbonyl (C=O) groups is 2. The van der Waals surface area contributed by atoms with Crippen molar-refractivity contribution in [2.24, 2.45) is 5.92 Å². The van der Waals surface area contributed by atoms with Crippen molar-refractivity contribution >= 4 is 23.5 Å². The van der Waals surface area contributed by atoms with Crippen molar-refractivity contribution in [2.75, 3.05) is 6.54 Å². The van der Waals surface area contributed by atoms with Crippen LogP contribution in [-0.4, -0.2) is 39.5 Å². The average molecular weight is 269 g/mol. The molecule has 1 aliphatic heterocycles. The lowest BCUT2D eigenvalue weighted by atomic mass is 10.0. The Morgan fingerprint density at radius 3 is 2.72 bits per heavy atom. The van der Waals surface area contributed by atoms with Crippen LogP contribution < -0.4 is 0 Å². The first-order valence-electron chi connectivity index (χ1n) is 5.66. The van der Waals surface area contributed by atoms with Crippen molar-refractivity contribution in [3.8, 4) is 0 Å². The van der Waals surface area contributed by atoms with Gasteiger partial charge in [-0.25, -0.2) is 4.98 Å². The third-order valence-electron chi connectivity index (χ3n) is 3.31. The quantitative estimate of drug-likeness (QED) is 0.829. The zero-order valence-corrected chi connectivity index (χ0v) is 10.6. The minimum absolute atomic E-state index is 0.199. The maximum atomic E-state index is 12.2. The molecule has 0 spiro atoms. The minimum atomic E-state index is -0.855. The van der Waals surface area contributed by atoms with Gasteiger partial charge < -0.3 is 10.0 Å². The molecule has 1 aromatic heterocycles. The topological polar surface area (TPSA) is 70.5 Å². The van der Waals surface area contributed by atoms with Crippen LogP contribution in [0.4, 0.5) is 0 Å². The molecular formula is C12H13ClN2O3. The largest absolute Gasteiger partial charge is 0.481 e. The summed E-state index contributed by atoms with van der Waals surface area (Å²) in [5.74, 6) is -1.54. The van der Waals surface area contributed by atoms with E-state index in [1.165, 1.54) is 6.20 Å². The van der Waals surface area contributed by atoms with Crippen LogP contribution in [0.2, 0.25) is 5.15 Å². The maximum Gasteiger partial charge on any atom is 0.308 e. The highest BCUT2D eigenvalue weighted by atomic mass is 35.5. The molecule has 0 radical (unpaired) electrons. The van der Waals surface area contributed by atoms with Gasteiger partial charge in [-0.2, -0.15) is 0 Å². The molecule has 2 unspecified atom stereocenters. The van der Waals surface area contributed by atoms with Crippen molar-refractivity contribution < 1.29 is 14.7 Å². The molecule has 0 aliphatic carbocycles. The molecule has 1 aromatic rings. The summed E-state index contributed by atoms with van der Waals surface area (Å²) in [7, 11) is 0. The third-order valence-corrected chi connectivity index (χ3v) is 3.53. The smallest absolute Gasteiger partial charge is 0.308 e. The van der Waals surface area contributed by atoms with E-state index in [1.807, 2.05) is 0 Å². The van der Waals surface area contributed by atoms with E-state index in [2.05, 4.69) is 4.98 Å². The predicted molar refractivity (Wildman–Crippen MR) is 65.5 cm³/mol. The van der Waals surface area contributed by atoms with Gasteiger partial charge in [0.2, 0.25) is 0 Å². The molecule has 0 saturated carbocycles. The van der Waals surface area contributed by atoms with E-state index in [4.69, 9.17) is 16.7 Å². The summed E-state index contributed by atoms with van der Waals surface area (Å²) in [6.45, 7) is 2.21. The number of halogens is 1. The Morgan fingerprint density at radius 1 is 1.50 bits per heavy atom. The summed E-state index contributed by atoms with van der Waals surface area (Å²) in [5.41, 5.74) is 0.428. The van der Waals surface area contributed by atoms with Crippen LogP contribution in [0.1, 0.15) is 23.7 Å². The lowest BCUT2D eigenvalue weighted by Crippen LogP contribution is -2.37. The number of carbonyl (C=O) groups excluding carboxylic acids is 1. The second-order valence-corrected chi connectivity index (χ2v) is 4.73. The monoisotopic (exact) mass is 268 g/mol. The Balaban J connectivity index is 2.15. The van der Waals surface area contributed by atoms with Gasteiger partial charge in [-0.05, 0) is 25.5 Å². The van der Waals surface area contributed by atoms with Crippen molar-refractivity contribution in [3.05, 3.63) is 29.0 Å². The van der Waals surface area contributed by atoms with Gasteiger partial charge in [-0.15, -0.1) is 0 Å². The molecule has 0 bridgehead atoms. The highest BCUT2D eigenvalue weighted by molar-refractivity contribution is 6.29. The minimum Gasteiger partial charge on any atom is -0.481 e. The van der Waals surface area contributed by atoms with E-state index in [9.17, 15) is 9.59 Å². The molecular weight excluding hydrogens is 256 g/mol. The number of hydrogen-bond donors (Lipinski definition) is 1. The highest BCUT2D eigenvalue weighted by Crippen LogP contribution is 2.26. The van der Waals surface area contributed by atoms with Crippen LogP contribution in [0.3, 0.4) is 0 Å². The van der Waals surface area contributed by atoms with Crippen LogP contribution in [0.15, 0.2) is 18.3 Å². The molecule has 2 heterocycles. The number of aromatic nitrogens is 1. The molecule has 2 atom stereocenters. The van der Waals surface area contributed by atoms with Crippen molar-refractivity contribution in [1.82, 2.24) is 9.88 Å². The van der Waals surface area contributed by atoms with Crippen LogP contribution >= 0.6 is 11.6 Å². The summed E-state index contributed by atoms with van der Waals surface area (Å²) in [4.78, 5) is 28.6. The summed E-state index contributed by atoms with van der Waals surface area (Å²) >= 11 is 5.66. The number of likely N-dealkylation sites (tertiary alicyclic amines) is 1. The molecule has 6 heteroatoms. The van der Waals surface area contributed by atoms with Crippen LogP contribution in [0.25, 0.3) is 0 Å². The van der Waals surface area contributed by atoms with Gasteiger partial charge in [-0.1, -0.05) is 11.6 Å². The first-order chi connectivity index (χ1) is 8.50. The Kier molecular flexibility index (Phi) is 3.52.